The lowest BCUT2D eigenvalue weighted by molar-refractivity contribution is -0.132. The number of nitrogens with zero attached hydrogens (tertiary/aromatic N) is 1. The van der Waals surface area contributed by atoms with Crippen LogP contribution in [-0.4, -0.2) is 73.6 Å². The first-order chi connectivity index (χ1) is 22.0. The van der Waals surface area contributed by atoms with Crippen molar-refractivity contribution in [1.82, 2.24) is 20.9 Å². The van der Waals surface area contributed by atoms with Gasteiger partial charge in [0.1, 0.15) is 17.2 Å². The average molecular weight is 615 g/mol. The molecule has 1 saturated carbocycles. The molecule has 240 valence electrons. The van der Waals surface area contributed by atoms with E-state index < -0.39 is 17.5 Å². The Balaban J connectivity index is 1.08. The summed E-state index contributed by atoms with van der Waals surface area (Å²) < 4.78 is 11.3. The lowest BCUT2D eigenvalue weighted by Crippen LogP contribution is -2.61. The van der Waals surface area contributed by atoms with E-state index in [4.69, 9.17) is 9.15 Å². The molecule has 2 aromatic carbocycles. The molecule has 3 aliphatic rings. The molecule has 45 heavy (non-hydrogen) atoms. The maximum absolute atomic E-state index is 14.0. The molecule has 6 rings (SSSR count). The Morgan fingerprint density at radius 1 is 0.889 bits per heavy atom. The molecule has 1 aliphatic carbocycles. The first-order valence-electron chi connectivity index (χ1n) is 16.7. The molecule has 1 aromatic heterocycles. The van der Waals surface area contributed by atoms with Crippen LogP contribution in [0.2, 0.25) is 0 Å². The fourth-order valence-corrected chi connectivity index (χ4v) is 7.15. The molecule has 2 saturated heterocycles. The van der Waals surface area contributed by atoms with Crippen molar-refractivity contribution >= 4 is 28.7 Å². The summed E-state index contributed by atoms with van der Waals surface area (Å²) in [5.41, 5.74) is 0.492. The van der Waals surface area contributed by atoms with Gasteiger partial charge in [-0.1, -0.05) is 61.4 Å². The highest BCUT2D eigenvalue weighted by Crippen LogP contribution is 2.31. The number of rotatable bonds is 11. The fourth-order valence-electron chi connectivity index (χ4n) is 7.15. The van der Waals surface area contributed by atoms with Crippen LogP contribution in [0.4, 0.5) is 0 Å². The second-order valence-corrected chi connectivity index (χ2v) is 13.2. The number of piperidine rings is 1. The van der Waals surface area contributed by atoms with Gasteiger partial charge in [-0.2, -0.15) is 0 Å². The van der Waals surface area contributed by atoms with Crippen LogP contribution in [0.25, 0.3) is 11.0 Å². The molecule has 2 aliphatic heterocycles. The number of para-hydroxylation sites is 1. The molecule has 9 heteroatoms. The van der Waals surface area contributed by atoms with Gasteiger partial charge in [0.05, 0.1) is 0 Å². The van der Waals surface area contributed by atoms with Gasteiger partial charge in [0.15, 0.2) is 5.76 Å². The molecular weight excluding hydrogens is 568 g/mol. The summed E-state index contributed by atoms with van der Waals surface area (Å²) in [5, 5.41) is 10.1. The van der Waals surface area contributed by atoms with Gasteiger partial charge in [0.2, 0.25) is 11.8 Å². The fraction of sp³-hybridized carbons (Fsp3) is 0.528. The van der Waals surface area contributed by atoms with Crippen molar-refractivity contribution in [3.8, 4) is 0 Å². The Kier molecular flexibility index (Phi) is 10.2. The highest BCUT2D eigenvalue weighted by atomic mass is 16.5. The number of likely N-dealkylation sites (tertiary alicyclic amines) is 1. The van der Waals surface area contributed by atoms with E-state index in [1.807, 2.05) is 54.6 Å². The standard InChI is InChI=1S/C36H46N4O5/c41-33(37-24-27-12-18-40(19-13-27)25-28-14-20-44-21-15-28)30(22-26-8-2-1-3-9-26)38-35(43)36(16-6-7-17-36)39-34(42)32-23-29-10-4-5-11-31(29)45-32/h1-5,8-11,23,27-28,30H,6-7,12-22,24-25H2,(H,37,41)(H,38,43)(H,39,42)/t30-/m1/s1. The molecular formula is C36H46N4O5. The van der Waals surface area contributed by atoms with E-state index in [0.29, 0.717) is 37.3 Å². The first-order valence-corrected chi connectivity index (χ1v) is 16.7. The second kappa shape index (κ2) is 14.6. The second-order valence-electron chi connectivity index (χ2n) is 13.2. The number of carbonyl (C=O) groups is 3. The Bertz CT molecular complexity index is 1400. The van der Waals surface area contributed by atoms with Crippen molar-refractivity contribution in [2.24, 2.45) is 11.8 Å². The van der Waals surface area contributed by atoms with E-state index in [-0.39, 0.29) is 17.6 Å². The Morgan fingerprint density at radius 3 is 2.33 bits per heavy atom. The molecule has 0 radical (unpaired) electrons. The van der Waals surface area contributed by atoms with Crippen molar-refractivity contribution in [2.75, 3.05) is 39.4 Å². The minimum Gasteiger partial charge on any atom is -0.451 e. The summed E-state index contributed by atoms with van der Waals surface area (Å²) in [5.74, 6) is 0.389. The molecule has 0 spiro atoms. The SMILES string of the molecule is O=C(NC1(C(=O)N[C@H](Cc2ccccc2)C(=O)NCC2CCN(CC3CCOCC3)CC2)CCCC1)c1cc2ccccc2o1. The predicted octanol–water partition coefficient (Wildman–Crippen LogP) is 4.46. The first kappa shape index (κ1) is 31.3. The number of furan rings is 1. The summed E-state index contributed by atoms with van der Waals surface area (Å²) in [6.07, 6.45) is 7.42. The largest absolute Gasteiger partial charge is 0.451 e. The summed E-state index contributed by atoms with van der Waals surface area (Å²) in [7, 11) is 0. The number of fused-ring (bicyclic) bond motifs is 1. The van der Waals surface area contributed by atoms with Crippen molar-refractivity contribution in [3.05, 3.63) is 72.0 Å². The third-order valence-electron chi connectivity index (χ3n) is 9.93. The monoisotopic (exact) mass is 614 g/mol. The summed E-state index contributed by atoms with van der Waals surface area (Å²) in [6.45, 7) is 5.59. The summed E-state index contributed by atoms with van der Waals surface area (Å²) >= 11 is 0. The van der Waals surface area contributed by atoms with E-state index in [1.54, 1.807) is 6.07 Å². The van der Waals surface area contributed by atoms with Crippen molar-refractivity contribution in [3.63, 3.8) is 0 Å². The van der Waals surface area contributed by atoms with Gasteiger partial charge < -0.3 is 30.0 Å². The number of carbonyl (C=O) groups excluding carboxylic acids is 3. The normalized spacial score (nSPS) is 20.1. The number of benzene rings is 2. The van der Waals surface area contributed by atoms with Gasteiger partial charge in [-0.3, -0.25) is 14.4 Å². The van der Waals surface area contributed by atoms with Crippen molar-refractivity contribution in [2.45, 2.75) is 69.4 Å². The van der Waals surface area contributed by atoms with Crippen LogP contribution in [-0.2, 0) is 20.7 Å². The van der Waals surface area contributed by atoms with E-state index >= 15 is 0 Å². The molecule has 0 bridgehead atoms. The highest BCUT2D eigenvalue weighted by Gasteiger charge is 2.44. The number of amides is 3. The van der Waals surface area contributed by atoms with E-state index in [9.17, 15) is 14.4 Å². The minimum atomic E-state index is -1.09. The smallest absolute Gasteiger partial charge is 0.287 e. The van der Waals surface area contributed by atoms with Gasteiger partial charge >= 0.3 is 0 Å². The van der Waals surface area contributed by atoms with E-state index in [1.165, 1.54) is 0 Å². The topological polar surface area (TPSA) is 113 Å². The maximum atomic E-state index is 14.0. The van der Waals surface area contributed by atoms with Gasteiger partial charge in [-0.25, -0.2) is 0 Å². The third-order valence-corrected chi connectivity index (χ3v) is 9.93. The predicted molar refractivity (Wildman–Crippen MR) is 173 cm³/mol. The highest BCUT2D eigenvalue weighted by molar-refractivity contribution is 6.01. The Hall–Kier alpha value is -3.69. The van der Waals surface area contributed by atoms with Crippen LogP contribution < -0.4 is 16.0 Å². The van der Waals surface area contributed by atoms with Gasteiger partial charge in [-0.05, 0) is 81.1 Å². The zero-order valence-electron chi connectivity index (χ0n) is 26.1. The van der Waals surface area contributed by atoms with Crippen LogP contribution in [0.1, 0.15) is 67.5 Å². The summed E-state index contributed by atoms with van der Waals surface area (Å²) in [6, 6.07) is 18.1. The molecule has 3 heterocycles. The average Bonchev–Trinajstić information content (AvgIpc) is 3.73. The van der Waals surface area contributed by atoms with Gasteiger partial charge in [0, 0.05) is 38.1 Å². The quantitative estimate of drug-likeness (QED) is 0.294. The van der Waals surface area contributed by atoms with Crippen molar-refractivity contribution in [1.29, 1.82) is 0 Å². The zero-order valence-corrected chi connectivity index (χ0v) is 26.1. The van der Waals surface area contributed by atoms with Gasteiger partial charge in [-0.15, -0.1) is 0 Å². The number of hydrogen-bond donors (Lipinski definition) is 3. The molecule has 0 unspecified atom stereocenters. The van der Waals surface area contributed by atoms with E-state index in [0.717, 1.165) is 88.2 Å². The maximum Gasteiger partial charge on any atom is 0.287 e. The minimum absolute atomic E-state index is 0.174. The van der Waals surface area contributed by atoms with Crippen LogP contribution in [0.5, 0.6) is 0 Å². The van der Waals surface area contributed by atoms with Crippen LogP contribution in [0.15, 0.2) is 65.1 Å². The molecule has 3 N–H and O–H groups in total. The lowest BCUT2D eigenvalue weighted by atomic mass is 9.93. The molecule has 3 aromatic rings. The summed E-state index contributed by atoms with van der Waals surface area (Å²) in [4.78, 5) is 43.5. The molecule has 3 fully saturated rings. The Labute approximate surface area is 265 Å². The number of nitrogens with one attached hydrogen (secondary N) is 3. The molecule has 1 atom stereocenters. The Morgan fingerprint density at radius 2 is 1.60 bits per heavy atom. The zero-order chi connectivity index (χ0) is 31.1. The molecule has 3 amide bonds. The van der Waals surface area contributed by atoms with E-state index in [2.05, 4.69) is 20.9 Å². The van der Waals surface area contributed by atoms with Crippen LogP contribution in [0.3, 0.4) is 0 Å². The number of hydrogen-bond acceptors (Lipinski definition) is 6. The van der Waals surface area contributed by atoms with Crippen LogP contribution >= 0.6 is 0 Å². The van der Waals surface area contributed by atoms with Gasteiger partial charge in [0.25, 0.3) is 5.91 Å². The lowest BCUT2D eigenvalue weighted by Gasteiger charge is -2.35. The van der Waals surface area contributed by atoms with Crippen LogP contribution in [0, 0.1) is 11.8 Å². The van der Waals surface area contributed by atoms with Crippen molar-refractivity contribution < 1.29 is 23.5 Å². The number of ether oxygens (including phenoxy) is 1. The molecule has 9 nitrogen and oxygen atoms in total. The third kappa shape index (κ3) is 7.94.